The van der Waals surface area contributed by atoms with Crippen molar-refractivity contribution in [2.75, 3.05) is 6.61 Å². The number of fused-ring (bicyclic) bond motifs is 1. The Labute approximate surface area is 125 Å². The van der Waals surface area contributed by atoms with Crippen LogP contribution in [0.25, 0.3) is 10.9 Å². The van der Waals surface area contributed by atoms with Gasteiger partial charge in [-0.1, -0.05) is 30.3 Å². The smallest absolute Gasteiger partial charge is 0.128 e. The van der Waals surface area contributed by atoms with Gasteiger partial charge in [-0.25, -0.2) is 0 Å². The zero-order valence-electron chi connectivity index (χ0n) is 12.3. The van der Waals surface area contributed by atoms with E-state index in [0.29, 0.717) is 13.2 Å². The molecule has 0 saturated carbocycles. The van der Waals surface area contributed by atoms with Crippen molar-refractivity contribution in [1.82, 2.24) is 4.57 Å². The van der Waals surface area contributed by atoms with Gasteiger partial charge in [0.25, 0.3) is 0 Å². The van der Waals surface area contributed by atoms with Crippen LogP contribution in [0.2, 0.25) is 0 Å². The fourth-order valence-electron chi connectivity index (χ4n) is 2.71. The average molecular weight is 280 g/mol. The predicted molar refractivity (Wildman–Crippen MR) is 86.5 cm³/mol. The van der Waals surface area contributed by atoms with E-state index in [1.54, 1.807) is 0 Å². The number of hydrogen-bond donors (Lipinski definition) is 1. The van der Waals surface area contributed by atoms with Crippen LogP contribution in [0.15, 0.2) is 54.7 Å². The molecular weight excluding hydrogens is 260 g/mol. The molecule has 0 radical (unpaired) electrons. The number of nitrogens with two attached hydrogens (primary N) is 1. The average Bonchev–Trinajstić information content (AvgIpc) is 2.92. The summed E-state index contributed by atoms with van der Waals surface area (Å²) in [6.07, 6.45) is 2.11. The van der Waals surface area contributed by atoms with Gasteiger partial charge in [0.1, 0.15) is 5.75 Å². The maximum absolute atomic E-state index is 5.83. The minimum absolute atomic E-state index is 0.569. The van der Waals surface area contributed by atoms with E-state index in [2.05, 4.69) is 41.1 Å². The van der Waals surface area contributed by atoms with Gasteiger partial charge in [-0.05, 0) is 36.2 Å². The topological polar surface area (TPSA) is 40.2 Å². The van der Waals surface area contributed by atoms with E-state index in [1.165, 1.54) is 16.6 Å². The molecule has 1 aromatic heterocycles. The van der Waals surface area contributed by atoms with Crippen molar-refractivity contribution < 1.29 is 4.74 Å². The molecule has 0 atom stereocenters. The molecule has 0 aliphatic rings. The van der Waals surface area contributed by atoms with E-state index in [0.717, 1.165) is 17.7 Å². The Morgan fingerprint density at radius 2 is 1.81 bits per heavy atom. The Kier molecular flexibility index (Phi) is 3.93. The normalized spacial score (nSPS) is 11.0. The maximum atomic E-state index is 5.83. The van der Waals surface area contributed by atoms with E-state index in [9.17, 15) is 0 Å². The molecule has 0 unspecified atom stereocenters. The van der Waals surface area contributed by atoms with Crippen LogP contribution in [0.3, 0.4) is 0 Å². The summed E-state index contributed by atoms with van der Waals surface area (Å²) in [5.41, 5.74) is 9.47. The summed E-state index contributed by atoms with van der Waals surface area (Å²) in [6, 6.07) is 16.6. The van der Waals surface area contributed by atoms with Crippen molar-refractivity contribution in [2.45, 2.75) is 20.0 Å². The molecule has 1 heterocycles. The quantitative estimate of drug-likeness (QED) is 0.776. The molecule has 0 aliphatic carbocycles. The monoisotopic (exact) mass is 280 g/mol. The summed E-state index contributed by atoms with van der Waals surface area (Å²) in [7, 11) is 0. The lowest BCUT2D eigenvalue weighted by atomic mass is 10.1. The predicted octanol–water partition coefficient (Wildman–Crippen LogP) is 3.55. The van der Waals surface area contributed by atoms with Crippen LogP contribution in [0, 0.1) is 0 Å². The van der Waals surface area contributed by atoms with Gasteiger partial charge in [0.05, 0.1) is 12.1 Å². The van der Waals surface area contributed by atoms with Crippen molar-refractivity contribution in [2.24, 2.45) is 5.73 Å². The molecule has 3 heteroatoms. The standard InChI is InChI=1S/C18H20N2O/c1-2-21-18-9-5-8-17-16(18)10-11-20(17)13-15-7-4-3-6-14(15)12-19/h3-11H,2,12-13,19H2,1H3. The number of hydrogen-bond acceptors (Lipinski definition) is 2. The van der Waals surface area contributed by atoms with Gasteiger partial charge in [-0.15, -0.1) is 0 Å². The summed E-state index contributed by atoms with van der Waals surface area (Å²) in [6.45, 7) is 4.08. The number of rotatable bonds is 5. The van der Waals surface area contributed by atoms with E-state index in [1.807, 2.05) is 25.1 Å². The third-order valence-electron chi connectivity index (χ3n) is 3.75. The molecule has 0 fully saturated rings. The molecule has 2 aromatic carbocycles. The van der Waals surface area contributed by atoms with Crippen LogP contribution >= 0.6 is 0 Å². The minimum atomic E-state index is 0.569. The van der Waals surface area contributed by atoms with Crippen molar-refractivity contribution in [3.05, 3.63) is 65.9 Å². The number of aromatic nitrogens is 1. The fourth-order valence-corrected chi connectivity index (χ4v) is 2.71. The first-order valence-corrected chi connectivity index (χ1v) is 7.31. The van der Waals surface area contributed by atoms with Crippen molar-refractivity contribution in [1.29, 1.82) is 0 Å². The summed E-state index contributed by atoms with van der Waals surface area (Å²) in [4.78, 5) is 0. The molecule has 3 nitrogen and oxygen atoms in total. The molecule has 2 N–H and O–H groups in total. The van der Waals surface area contributed by atoms with Crippen molar-refractivity contribution >= 4 is 10.9 Å². The summed E-state index contributed by atoms with van der Waals surface area (Å²) in [5.74, 6) is 0.945. The maximum Gasteiger partial charge on any atom is 0.128 e. The zero-order chi connectivity index (χ0) is 14.7. The third-order valence-corrected chi connectivity index (χ3v) is 3.75. The highest BCUT2D eigenvalue weighted by Gasteiger charge is 2.08. The number of benzene rings is 2. The first-order chi connectivity index (χ1) is 10.3. The molecule has 3 aromatic rings. The summed E-state index contributed by atoms with van der Waals surface area (Å²) < 4.78 is 7.94. The zero-order valence-corrected chi connectivity index (χ0v) is 12.3. The largest absolute Gasteiger partial charge is 0.493 e. The minimum Gasteiger partial charge on any atom is -0.493 e. The van der Waals surface area contributed by atoms with E-state index in [-0.39, 0.29) is 0 Å². The molecule has 0 bridgehead atoms. The Bertz CT molecular complexity index is 746. The first-order valence-electron chi connectivity index (χ1n) is 7.31. The summed E-state index contributed by atoms with van der Waals surface area (Å²) in [5, 5.41) is 1.16. The van der Waals surface area contributed by atoms with Gasteiger partial charge in [-0.2, -0.15) is 0 Å². The number of ether oxygens (including phenoxy) is 1. The first kappa shape index (κ1) is 13.7. The van der Waals surface area contributed by atoms with E-state index in [4.69, 9.17) is 10.5 Å². The van der Waals surface area contributed by atoms with Gasteiger partial charge >= 0.3 is 0 Å². The highest BCUT2D eigenvalue weighted by molar-refractivity contribution is 5.86. The lowest BCUT2D eigenvalue weighted by Crippen LogP contribution is -2.05. The second kappa shape index (κ2) is 6.02. The van der Waals surface area contributed by atoms with Crippen LogP contribution in [0.1, 0.15) is 18.1 Å². The van der Waals surface area contributed by atoms with Crippen LogP contribution in [-0.2, 0) is 13.1 Å². The van der Waals surface area contributed by atoms with Crippen molar-refractivity contribution in [3.63, 3.8) is 0 Å². The van der Waals surface area contributed by atoms with Crippen molar-refractivity contribution in [3.8, 4) is 5.75 Å². The van der Waals surface area contributed by atoms with E-state index < -0.39 is 0 Å². The van der Waals surface area contributed by atoms with Gasteiger partial charge in [0.2, 0.25) is 0 Å². The molecule has 0 amide bonds. The molecule has 0 saturated heterocycles. The molecular formula is C18H20N2O. The Morgan fingerprint density at radius 1 is 1.00 bits per heavy atom. The number of nitrogens with zero attached hydrogens (tertiary/aromatic N) is 1. The van der Waals surface area contributed by atoms with Gasteiger partial charge in [-0.3, -0.25) is 0 Å². The second-order valence-electron chi connectivity index (χ2n) is 5.04. The Morgan fingerprint density at radius 3 is 2.57 bits per heavy atom. The molecule has 0 aliphatic heterocycles. The highest BCUT2D eigenvalue weighted by atomic mass is 16.5. The van der Waals surface area contributed by atoms with Crippen LogP contribution in [-0.4, -0.2) is 11.2 Å². The Balaban J connectivity index is 2.00. The second-order valence-corrected chi connectivity index (χ2v) is 5.04. The fraction of sp³-hybridized carbons (Fsp3) is 0.222. The molecule has 3 rings (SSSR count). The lowest BCUT2D eigenvalue weighted by molar-refractivity contribution is 0.344. The molecule has 0 spiro atoms. The lowest BCUT2D eigenvalue weighted by Gasteiger charge is -2.11. The SMILES string of the molecule is CCOc1cccc2c1ccn2Cc1ccccc1CN. The van der Waals surface area contributed by atoms with Gasteiger partial charge in [0, 0.05) is 24.7 Å². The van der Waals surface area contributed by atoms with Gasteiger partial charge < -0.3 is 15.0 Å². The molecule has 108 valence electrons. The third kappa shape index (κ3) is 2.65. The Hall–Kier alpha value is -2.26. The van der Waals surface area contributed by atoms with Crippen LogP contribution in [0.4, 0.5) is 0 Å². The van der Waals surface area contributed by atoms with E-state index >= 15 is 0 Å². The van der Waals surface area contributed by atoms with Crippen LogP contribution in [0.5, 0.6) is 5.75 Å². The summed E-state index contributed by atoms with van der Waals surface area (Å²) >= 11 is 0. The molecule has 21 heavy (non-hydrogen) atoms. The van der Waals surface area contributed by atoms with Gasteiger partial charge in [0.15, 0.2) is 0 Å². The van der Waals surface area contributed by atoms with Crippen LogP contribution < -0.4 is 10.5 Å². The highest BCUT2D eigenvalue weighted by Crippen LogP contribution is 2.27.